The standard InChI is InChI=1S/C16H18N4O3S2/c1-16(2,3)11-8-18-13(23-11)10-25(21,22)14-9-19-15(24-14)20-12-6-4-5-7-17-12/h4-9H,10H2,1-3H3,(H,17,19,20). The number of nitrogens with zero attached hydrogens (tertiary/aromatic N) is 3. The van der Waals surface area contributed by atoms with E-state index in [9.17, 15) is 8.42 Å². The van der Waals surface area contributed by atoms with Crippen LogP contribution in [0.2, 0.25) is 0 Å². The fourth-order valence-corrected chi connectivity index (χ4v) is 4.26. The SMILES string of the molecule is CC(C)(C)c1cnc(CS(=O)(=O)c2cnc(Nc3ccccn3)s2)o1. The second kappa shape index (κ2) is 6.57. The molecular formula is C16H18N4O3S2. The fraction of sp³-hybridized carbons (Fsp3) is 0.312. The lowest BCUT2D eigenvalue weighted by atomic mass is 9.94. The van der Waals surface area contributed by atoms with Crippen molar-refractivity contribution in [2.45, 2.75) is 36.1 Å². The van der Waals surface area contributed by atoms with Crippen LogP contribution < -0.4 is 5.32 Å². The van der Waals surface area contributed by atoms with Gasteiger partial charge in [-0.15, -0.1) is 0 Å². The topological polar surface area (TPSA) is 98.0 Å². The van der Waals surface area contributed by atoms with Crippen LogP contribution in [0.1, 0.15) is 32.4 Å². The highest BCUT2D eigenvalue weighted by Crippen LogP contribution is 2.29. The van der Waals surface area contributed by atoms with E-state index in [0.717, 1.165) is 11.3 Å². The normalized spacial score (nSPS) is 12.3. The first-order valence-corrected chi connectivity index (χ1v) is 10.0. The van der Waals surface area contributed by atoms with Gasteiger partial charge in [-0.25, -0.2) is 23.4 Å². The monoisotopic (exact) mass is 378 g/mol. The van der Waals surface area contributed by atoms with Crippen molar-refractivity contribution in [3.8, 4) is 0 Å². The molecule has 0 fully saturated rings. The van der Waals surface area contributed by atoms with Gasteiger partial charge in [0.25, 0.3) is 0 Å². The third-order valence-corrected chi connectivity index (χ3v) is 6.36. The van der Waals surface area contributed by atoms with Gasteiger partial charge < -0.3 is 9.73 Å². The zero-order chi connectivity index (χ0) is 18.1. The largest absolute Gasteiger partial charge is 0.444 e. The van der Waals surface area contributed by atoms with Gasteiger partial charge >= 0.3 is 0 Å². The van der Waals surface area contributed by atoms with Gasteiger partial charge in [0, 0.05) is 11.6 Å². The Morgan fingerprint density at radius 2 is 1.96 bits per heavy atom. The molecule has 0 aromatic carbocycles. The van der Waals surface area contributed by atoms with Gasteiger partial charge in [-0.2, -0.15) is 0 Å². The molecule has 7 nitrogen and oxygen atoms in total. The van der Waals surface area contributed by atoms with E-state index in [1.807, 2.05) is 26.8 Å². The molecule has 0 unspecified atom stereocenters. The van der Waals surface area contributed by atoms with Crippen LogP contribution in [0.5, 0.6) is 0 Å². The number of sulfone groups is 1. The quantitative estimate of drug-likeness (QED) is 0.725. The summed E-state index contributed by atoms with van der Waals surface area (Å²) in [6, 6.07) is 5.40. The van der Waals surface area contributed by atoms with Crippen molar-refractivity contribution >= 4 is 32.1 Å². The number of anilines is 2. The Kier molecular flexibility index (Phi) is 4.61. The minimum atomic E-state index is -3.58. The first-order valence-electron chi connectivity index (χ1n) is 7.56. The Bertz CT molecular complexity index is 957. The lowest BCUT2D eigenvalue weighted by Crippen LogP contribution is -2.09. The average Bonchev–Trinajstić information content (AvgIpc) is 3.17. The van der Waals surface area contributed by atoms with Crippen LogP contribution in [0.25, 0.3) is 0 Å². The summed E-state index contributed by atoms with van der Waals surface area (Å²) in [5.41, 5.74) is -0.223. The number of thiazole rings is 1. The van der Waals surface area contributed by atoms with Crippen molar-refractivity contribution in [2.75, 3.05) is 5.32 Å². The number of hydrogen-bond donors (Lipinski definition) is 1. The summed E-state index contributed by atoms with van der Waals surface area (Å²) in [6.07, 6.45) is 4.55. The van der Waals surface area contributed by atoms with Gasteiger partial charge in [0.1, 0.15) is 21.5 Å². The lowest BCUT2D eigenvalue weighted by Gasteiger charge is -2.13. The van der Waals surface area contributed by atoms with Crippen molar-refractivity contribution in [1.29, 1.82) is 0 Å². The molecule has 0 radical (unpaired) electrons. The Morgan fingerprint density at radius 1 is 1.16 bits per heavy atom. The lowest BCUT2D eigenvalue weighted by molar-refractivity contribution is 0.389. The molecule has 3 heterocycles. The summed E-state index contributed by atoms with van der Waals surface area (Å²) in [5.74, 6) is 1.13. The number of oxazole rings is 1. The van der Waals surface area contributed by atoms with Gasteiger partial charge in [-0.05, 0) is 12.1 Å². The highest BCUT2D eigenvalue weighted by Gasteiger charge is 2.24. The van der Waals surface area contributed by atoms with Crippen LogP contribution in [0.3, 0.4) is 0 Å². The highest BCUT2D eigenvalue weighted by molar-refractivity contribution is 7.92. The Labute approximate surface area is 150 Å². The Morgan fingerprint density at radius 3 is 2.60 bits per heavy atom. The number of nitrogens with one attached hydrogen (secondary N) is 1. The summed E-state index contributed by atoms with van der Waals surface area (Å²) in [5, 5.41) is 3.44. The first-order chi connectivity index (χ1) is 11.7. The van der Waals surface area contributed by atoms with Crippen LogP contribution in [-0.2, 0) is 21.0 Å². The van der Waals surface area contributed by atoms with Crippen LogP contribution >= 0.6 is 11.3 Å². The van der Waals surface area contributed by atoms with E-state index in [-0.39, 0.29) is 21.3 Å². The molecular weight excluding hydrogens is 360 g/mol. The predicted octanol–water partition coefficient (Wildman–Crippen LogP) is 3.54. The maximum Gasteiger partial charge on any atom is 0.210 e. The zero-order valence-corrected chi connectivity index (χ0v) is 15.7. The van der Waals surface area contributed by atoms with Crippen molar-refractivity contribution in [3.05, 3.63) is 48.4 Å². The minimum absolute atomic E-state index is 0.154. The molecule has 9 heteroatoms. The van der Waals surface area contributed by atoms with Gasteiger partial charge in [-0.3, -0.25) is 0 Å². The molecule has 132 valence electrons. The average molecular weight is 378 g/mol. The zero-order valence-electron chi connectivity index (χ0n) is 14.1. The molecule has 0 saturated carbocycles. The van der Waals surface area contributed by atoms with E-state index in [1.165, 1.54) is 6.20 Å². The molecule has 0 atom stereocenters. The number of pyridine rings is 1. The minimum Gasteiger partial charge on any atom is -0.444 e. The Hall–Kier alpha value is -2.26. The third kappa shape index (κ3) is 4.23. The molecule has 0 spiro atoms. The fourth-order valence-electron chi connectivity index (χ4n) is 1.96. The highest BCUT2D eigenvalue weighted by atomic mass is 32.2. The number of aromatic nitrogens is 3. The Balaban J connectivity index is 1.75. The summed E-state index contributed by atoms with van der Waals surface area (Å²) in [4.78, 5) is 12.3. The summed E-state index contributed by atoms with van der Waals surface area (Å²) in [7, 11) is -3.58. The third-order valence-electron chi connectivity index (χ3n) is 3.30. The van der Waals surface area contributed by atoms with E-state index in [1.54, 1.807) is 24.5 Å². The van der Waals surface area contributed by atoms with Crippen molar-refractivity contribution in [3.63, 3.8) is 0 Å². The van der Waals surface area contributed by atoms with Crippen LogP contribution in [0.15, 0.2) is 45.4 Å². The second-order valence-corrected chi connectivity index (χ2v) is 9.70. The van der Waals surface area contributed by atoms with Crippen molar-refractivity contribution < 1.29 is 12.8 Å². The van der Waals surface area contributed by atoms with E-state index < -0.39 is 9.84 Å². The first kappa shape index (κ1) is 17.6. The predicted molar refractivity (Wildman–Crippen MR) is 95.7 cm³/mol. The molecule has 0 aliphatic heterocycles. The molecule has 1 N–H and O–H groups in total. The van der Waals surface area contributed by atoms with E-state index in [2.05, 4.69) is 20.3 Å². The molecule has 3 rings (SSSR count). The van der Waals surface area contributed by atoms with E-state index in [0.29, 0.717) is 16.7 Å². The molecule has 3 aromatic heterocycles. The molecule has 0 bridgehead atoms. The second-order valence-electron chi connectivity index (χ2n) is 6.45. The smallest absolute Gasteiger partial charge is 0.210 e. The molecule has 0 saturated heterocycles. The number of rotatable bonds is 5. The molecule has 25 heavy (non-hydrogen) atoms. The van der Waals surface area contributed by atoms with Crippen LogP contribution in [-0.4, -0.2) is 23.4 Å². The van der Waals surface area contributed by atoms with Crippen molar-refractivity contribution in [1.82, 2.24) is 15.0 Å². The molecule has 0 aliphatic rings. The van der Waals surface area contributed by atoms with Crippen LogP contribution in [0, 0.1) is 0 Å². The van der Waals surface area contributed by atoms with Gasteiger partial charge in [-0.1, -0.05) is 38.2 Å². The van der Waals surface area contributed by atoms with Gasteiger partial charge in [0.15, 0.2) is 15.0 Å². The van der Waals surface area contributed by atoms with Crippen molar-refractivity contribution in [2.24, 2.45) is 0 Å². The van der Waals surface area contributed by atoms with Gasteiger partial charge in [0.2, 0.25) is 5.89 Å². The molecule has 0 aliphatic carbocycles. The molecule has 0 amide bonds. The summed E-state index contributed by atoms with van der Waals surface area (Å²) < 4.78 is 30.8. The van der Waals surface area contributed by atoms with Gasteiger partial charge in [0.05, 0.1) is 12.4 Å². The maximum atomic E-state index is 12.6. The maximum absolute atomic E-state index is 12.6. The van der Waals surface area contributed by atoms with E-state index >= 15 is 0 Å². The van der Waals surface area contributed by atoms with E-state index in [4.69, 9.17) is 4.42 Å². The summed E-state index contributed by atoms with van der Waals surface area (Å²) >= 11 is 1.05. The number of hydrogen-bond acceptors (Lipinski definition) is 8. The summed E-state index contributed by atoms with van der Waals surface area (Å²) in [6.45, 7) is 5.93. The molecule has 3 aromatic rings. The van der Waals surface area contributed by atoms with Crippen LogP contribution in [0.4, 0.5) is 10.9 Å².